The van der Waals surface area contributed by atoms with Gasteiger partial charge < -0.3 is 9.84 Å². The van der Waals surface area contributed by atoms with Crippen LogP contribution in [0, 0.1) is 11.6 Å². The lowest BCUT2D eigenvalue weighted by atomic mass is 10.3. The number of aromatic nitrogens is 2. The van der Waals surface area contributed by atoms with Crippen LogP contribution in [0.3, 0.4) is 0 Å². The van der Waals surface area contributed by atoms with Crippen LogP contribution in [-0.4, -0.2) is 10.1 Å². The zero-order chi connectivity index (χ0) is 13.9. The van der Waals surface area contributed by atoms with Crippen LogP contribution >= 0.6 is 11.3 Å². The number of hydrogen-bond donors (Lipinski definition) is 1. The van der Waals surface area contributed by atoms with Crippen LogP contribution in [0.1, 0.15) is 5.89 Å². The second-order valence-electron chi connectivity index (χ2n) is 3.97. The summed E-state index contributed by atoms with van der Waals surface area (Å²) in [5, 5.41) is 8.46. The molecule has 2 heterocycles. The Balaban J connectivity index is 1.71. The van der Waals surface area contributed by atoms with Gasteiger partial charge in [-0.05, 0) is 29.6 Å². The number of rotatable bonds is 4. The van der Waals surface area contributed by atoms with E-state index in [-0.39, 0.29) is 12.2 Å². The number of benzene rings is 1. The monoisotopic (exact) mass is 293 g/mol. The Morgan fingerprint density at radius 1 is 1.25 bits per heavy atom. The van der Waals surface area contributed by atoms with Gasteiger partial charge in [-0.1, -0.05) is 11.2 Å². The second kappa shape index (κ2) is 5.38. The molecule has 0 atom stereocenters. The first kappa shape index (κ1) is 12.7. The second-order valence-corrected chi connectivity index (χ2v) is 4.91. The molecular weight excluding hydrogens is 284 g/mol. The highest BCUT2D eigenvalue weighted by Gasteiger charge is 2.10. The van der Waals surface area contributed by atoms with Gasteiger partial charge in [0, 0.05) is 0 Å². The van der Waals surface area contributed by atoms with E-state index in [2.05, 4.69) is 15.5 Å². The summed E-state index contributed by atoms with van der Waals surface area (Å²) >= 11 is 1.49. The van der Waals surface area contributed by atoms with Gasteiger partial charge in [0.15, 0.2) is 0 Å². The van der Waals surface area contributed by atoms with Gasteiger partial charge in [-0.25, -0.2) is 8.78 Å². The Hall–Kier alpha value is -2.28. The normalized spacial score (nSPS) is 10.7. The van der Waals surface area contributed by atoms with Gasteiger partial charge in [0.05, 0.1) is 17.1 Å². The Morgan fingerprint density at radius 3 is 2.95 bits per heavy atom. The van der Waals surface area contributed by atoms with Gasteiger partial charge in [-0.15, -0.1) is 11.3 Å². The zero-order valence-electron chi connectivity index (χ0n) is 10.1. The molecule has 0 unspecified atom stereocenters. The van der Waals surface area contributed by atoms with E-state index in [9.17, 15) is 8.78 Å². The Morgan fingerprint density at radius 2 is 2.15 bits per heavy atom. The molecule has 0 aliphatic rings. The van der Waals surface area contributed by atoms with E-state index in [1.165, 1.54) is 11.3 Å². The van der Waals surface area contributed by atoms with Crippen molar-refractivity contribution >= 4 is 17.0 Å². The molecule has 0 amide bonds. The molecule has 0 aliphatic heterocycles. The highest BCUT2D eigenvalue weighted by molar-refractivity contribution is 7.13. The molecule has 3 rings (SSSR count). The molecule has 0 fully saturated rings. The summed E-state index contributed by atoms with van der Waals surface area (Å²) in [4.78, 5) is 5.06. The van der Waals surface area contributed by atoms with Gasteiger partial charge in [0.1, 0.15) is 11.6 Å². The van der Waals surface area contributed by atoms with Crippen molar-refractivity contribution in [3.63, 3.8) is 0 Å². The van der Waals surface area contributed by atoms with Gasteiger partial charge in [-0.3, -0.25) is 0 Å². The standard InChI is InChI=1S/C13H9F2N3OS/c14-8-3-4-9(15)10(6-8)16-7-12-17-13(18-19-12)11-2-1-5-20-11/h1-6,16H,7H2. The summed E-state index contributed by atoms with van der Waals surface area (Å²) in [6.07, 6.45) is 0. The lowest BCUT2D eigenvalue weighted by Crippen LogP contribution is -2.02. The molecule has 0 saturated heterocycles. The fourth-order valence-electron chi connectivity index (χ4n) is 1.64. The zero-order valence-corrected chi connectivity index (χ0v) is 11.0. The van der Waals surface area contributed by atoms with E-state index >= 15 is 0 Å². The molecule has 2 aromatic heterocycles. The number of halogens is 2. The van der Waals surface area contributed by atoms with Crippen LogP contribution in [0.2, 0.25) is 0 Å². The topological polar surface area (TPSA) is 51.0 Å². The van der Waals surface area contributed by atoms with Gasteiger partial charge in [0.2, 0.25) is 11.7 Å². The predicted octanol–water partition coefficient (Wildman–Crippen LogP) is 3.69. The van der Waals surface area contributed by atoms with Crippen molar-refractivity contribution < 1.29 is 13.3 Å². The summed E-state index contributed by atoms with van der Waals surface area (Å²) in [6.45, 7) is 0.124. The highest BCUT2D eigenvalue weighted by Crippen LogP contribution is 2.22. The number of nitrogens with one attached hydrogen (secondary N) is 1. The van der Waals surface area contributed by atoms with E-state index < -0.39 is 11.6 Å². The van der Waals surface area contributed by atoms with Crippen molar-refractivity contribution in [1.29, 1.82) is 0 Å². The van der Waals surface area contributed by atoms with E-state index in [4.69, 9.17) is 4.52 Å². The molecule has 0 spiro atoms. The Labute approximate surface area is 117 Å². The predicted molar refractivity (Wildman–Crippen MR) is 71.3 cm³/mol. The molecule has 0 aliphatic carbocycles. The molecule has 1 aromatic carbocycles. The summed E-state index contributed by atoms with van der Waals surface area (Å²) in [5.74, 6) is -0.267. The molecule has 3 aromatic rings. The fourth-order valence-corrected chi connectivity index (χ4v) is 2.29. The third kappa shape index (κ3) is 2.67. The number of thiophene rings is 1. The van der Waals surface area contributed by atoms with Gasteiger partial charge in [0.25, 0.3) is 0 Å². The van der Waals surface area contributed by atoms with Crippen molar-refractivity contribution in [3.8, 4) is 10.7 Å². The molecule has 20 heavy (non-hydrogen) atoms. The SMILES string of the molecule is Fc1ccc(F)c(NCc2nc(-c3cccs3)no2)c1. The first-order valence-corrected chi connectivity index (χ1v) is 6.66. The molecular formula is C13H9F2N3OS. The average molecular weight is 293 g/mol. The largest absolute Gasteiger partial charge is 0.374 e. The molecule has 0 radical (unpaired) electrons. The summed E-state index contributed by atoms with van der Waals surface area (Å²) in [7, 11) is 0. The van der Waals surface area contributed by atoms with Gasteiger partial charge in [-0.2, -0.15) is 4.98 Å². The Kier molecular flexibility index (Phi) is 3.42. The van der Waals surface area contributed by atoms with Crippen LogP contribution in [0.25, 0.3) is 10.7 Å². The lowest BCUT2D eigenvalue weighted by molar-refractivity contribution is 0.384. The molecule has 7 heteroatoms. The molecule has 1 N–H and O–H groups in total. The van der Waals surface area contributed by atoms with Crippen LogP contribution in [0.5, 0.6) is 0 Å². The van der Waals surface area contributed by atoms with E-state index in [1.807, 2.05) is 17.5 Å². The number of hydrogen-bond acceptors (Lipinski definition) is 5. The van der Waals surface area contributed by atoms with Crippen LogP contribution < -0.4 is 5.32 Å². The maximum absolute atomic E-state index is 13.4. The van der Waals surface area contributed by atoms with E-state index in [1.54, 1.807) is 0 Å². The average Bonchev–Trinajstić information content (AvgIpc) is 3.09. The smallest absolute Gasteiger partial charge is 0.246 e. The first-order chi connectivity index (χ1) is 9.72. The van der Waals surface area contributed by atoms with Crippen LogP contribution in [0.4, 0.5) is 14.5 Å². The minimum absolute atomic E-state index is 0.0564. The maximum Gasteiger partial charge on any atom is 0.246 e. The fraction of sp³-hybridized carbons (Fsp3) is 0.0769. The van der Waals surface area contributed by atoms with Crippen molar-refractivity contribution in [2.45, 2.75) is 6.54 Å². The molecule has 0 saturated carbocycles. The van der Waals surface area contributed by atoms with E-state index in [0.717, 1.165) is 23.1 Å². The first-order valence-electron chi connectivity index (χ1n) is 5.78. The number of nitrogens with zero attached hydrogens (tertiary/aromatic N) is 2. The molecule has 102 valence electrons. The highest BCUT2D eigenvalue weighted by atomic mass is 32.1. The Bertz CT molecular complexity index is 712. The van der Waals surface area contributed by atoms with Gasteiger partial charge >= 0.3 is 0 Å². The maximum atomic E-state index is 13.4. The van der Waals surface area contributed by atoms with Crippen LogP contribution in [0.15, 0.2) is 40.2 Å². The molecule has 0 bridgehead atoms. The van der Waals surface area contributed by atoms with Crippen molar-refractivity contribution in [3.05, 3.63) is 53.2 Å². The summed E-state index contributed by atoms with van der Waals surface area (Å²) in [5.41, 5.74) is 0.0564. The quantitative estimate of drug-likeness (QED) is 0.797. The van der Waals surface area contributed by atoms with Crippen molar-refractivity contribution in [2.75, 3.05) is 5.32 Å². The van der Waals surface area contributed by atoms with Crippen molar-refractivity contribution in [1.82, 2.24) is 10.1 Å². The third-order valence-electron chi connectivity index (χ3n) is 2.57. The number of anilines is 1. The minimum atomic E-state index is -0.538. The van der Waals surface area contributed by atoms with Crippen LogP contribution in [-0.2, 0) is 6.54 Å². The summed E-state index contributed by atoms with van der Waals surface area (Å²) < 4.78 is 31.5. The van der Waals surface area contributed by atoms with Crippen molar-refractivity contribution in [2.24, 2.45) is 0 Å². The lowest BCUT2D eigenvalue weighted by Gasteiger charge is -2.04. The summed E-state index contributed by atoms with van der Waals surface area (Å²) in [6, 6.07) is 6.95. The molecule has 4 nitrogen and oxygen atoms in total. The van der Waals surface area contributed by atoms with E-state index in [0.29, 0.717) is 11.7 Å². The minimum Gasteiger partial charge on any atom is -0.374 e. The third-order valence-corrected chi connectivity index (χ3v) is 3.43.